The van der Waals surface area contributed by atoms with Crippen LogP contribution < -0.4 is 5.32 Å². The average molecular weight is 438 g/mol. The van der Waals surface area contributed by atoms with Gasteiger partial charge in [0.2, 0.25) is 0 Å². The van der Waals surface area contributed by atoms with E-state index in [9.17, 15) is 23.2 Å². The largest absolute Gasteiger partial charge is 0.462 e. The molecule has 0 fully saturated rings. The molecule has 7 nitrogen and oxygen atoms in total. The minimum atomic E-state index is -1.02. The molecule has 2 aromatic rings. The number of amides is 2. The Hall–Kier alpha value is -3.01. The van der Waals surface area contributed by atoms with Gasteiger partial charge in [0.15, 0.2) is 0 Å². The zero-order valence-electron chi connectivity index (χ0n) is 16.4. The number of esters is 1. The van der Waals surface area contributed by atoms with E-state index in [1.165, 1.54) is 4.90 Å². The number of nitrogens with zero attached hydrogens (tertiary/aromatic N) is 1. The number of nitrogens with one attached hydrogen (secondary N) is 1. The summed E-state index contributed by atoms with van der Waals surface area (Å²) in [5.41, 5.74) is 0.0422. The summed E-state index contributed by atoms with van der Waals surface area (Å²) in [5, 5.41) is 2.56. The third-order valence-electron chi connectivity index (χ3n) is 4.48. The smallest absolute Gasteiger partial charge is 0.410 e. The Kier molecular flexibility index (Phi) is 6.66. The van der Waals surface area contributed by atoms with Crippen LogP contribution in [0.3, 0.4) is 0 Å². The Morgan fingerprint density at radius 2 is 1.77 bits per heavy atom. The van der Waals surface area contributed by atoms with E-state index >= 15 is 0 Å². The summed E-state index contributed by atoms with van der Waals surface area (Å²) in [6.07, 6.45) is -0.129. The third-order valence-corrected chi connectivity index (χ3v) is 5.61. The van der Waals surface area contributed by atoms with Crippen molar-refractivity contribution in [1.29, 1.82) is 0 Å². The fourth-order valence-corrected chi connectivity index (χ4v) is 4.41. The van der Waals surface area contributed by atoms with Crippen LogP contribution in [0, 0.1) is 11.6 Å². The summed E-state index contributed by atoms with van der Waals surface area (Å²) >= 11 is 1.06. The van der Waals surface area contributed by atoms with E-state index in [0.717, 1.165) is 29.5 Å². The van der Waals surface area contributed by atoms with Crippen LogP contribution in [-0.2, 0) is 22.4 Å². The van der Waals surface area contributed by atoms with Crippen LogP contribution >= 0.6 is 11.3 Å². The van der Waals surface area contributed by atoms with Crippen LogP contribution in [0.2, 0.25) is 0 Å². The molecule has 0 saturated heterocycles. The molecule has 1 aromatic carbocycles. The van der Waals surface area contributed by atoms with Gasteiger partial charge in [0.05, 0.1) is 25.3 Å². The minimum Gasteiger partial charge on any atom is -0.462 e. The first-order valence-electron chi connectivity index (χ1n) is 9.36. The fraction of sp³-hybridized carbons (Fsp3) is 0.350. The summed E-state index contributed by atoms with van der Waals surface area (Å²) in [4.78, 5) is 39.3. The Bertz CT molecular complexity index is 972. The van der Waals surface area contributed by atoms with Gasteiger partial charge in [-0.1, -0.05) is 6.07 Å². The monoisotopic (exact) mass is 438 g/mol. The maximum Gasteiger partial charge on any atom is 0.410 e. The predicted octanol–water partition coefficient (Wildman–Crippen LogP) is 3.97. The topological polar surface area (TPSA) is 84.9 Å². The molecule has 0 spiro atoms. The normalized spacial score (nSPS) is 12.9. The van der Waals surface area contributed by atoms with Gasteiger partial charge in [-0.3, -0.25) is 4.79 Å². The fourth-order valence-electron chi connectivity index (χ4n) is 3.16. The number of thiophene rings is 1. The molecule has 1 aliphatic heterocycles. The van der Waals surface area contributed by atoms with Gasteiger partial charge in [-0.15, -0.1) is 11.3 Å². The summed E-state index contributed by atoms with van der Waals surface area (Å²) in [5.74, 6) is -3.69. The number of rotatable bonds is 5. The number of carbonyl (C=O) groups excluding carboxylic acids is 3. The lowest BCUT2D eigenvalue weighted by atomic mass is 10.0. The van der Waals surface area contributed by atoms with E-state index in [2.05, 4.69) is 5.32 Å². The van der Waals surface area contributed by atoms with Crippen molar-refractivity contribution in [3.63, 3.8) is 0 Å². The number of halogens is 2. The van der Waals surface area contributed by atoms with Gasteiger partial charge in [0.25, 0.3) is 5.91 Å². The van der Waals surface area contributed by atoms with Gasteiger partial charge in [0.1, 0.15) is 22.2 Å². The summed E-state index contributed by atoms with van der Waals surface area (Å²) in [6, 6.07) is 3.10. The van der Waals surface area contributed by atoms with E-state index in [4.69, 9.17) is 9.47 Å². The van der Waals surface area contributed by atoms with Crippen molar-refractivity contribution in [2.75, 3.05) is 25.1 Å². The highest BCUT2D eigenvalue weighted by atomic mass is 32.1. The average Bonchev–Trinajstić information content (AvgIpc) is 3.05. The molecular weight excluding hydrogens is 418 g/mol. The van der Waals surface area contributed by atoms with Crippen molar-refractivity contribution in [3.05, 3.63) is 51.4 Å². The quantitative estimate of drug-likeness (QED) is 0.714. The zero-order chi connectivity index (χ0) is 21.8. The molecule has 0 aliphatic carbocycles. The van der Waals surface area contributed by atoms with Crippen molar-refractivity contribution in [2.24, 2.45) is 0 Å². The van der Waals surface area contributed by atoms with Gasteiger partial charge >= 0.3 is 12.1 Å². The van der Waals surface area contributed by atoms with Crippen LogP contribution in [0.15, 0.2) is 18.2 Å². The molecule has 0 radical (unpaired) electrons. The standard InChI is InChI=1S/C20H20F2N2O5S/c1-3-28-19(26)15-11-8-9-24(20(27)29-4-2)10-14(11)30-18(15)23-17(25)16-12(21)6-5-7-13(16)22/h5-7H,3-4,8-10H2,1-2H3,(H,23,25). The molecule has 2 amide bonds. The lowest BCUT2D eigenvalue weighted by molar-refractivity contribution is 0.0526. The summed E-state index contributed by atoms with van der Waals surface area (Å²) in [7, 11) is 0. The van der Waals surface area contributed by atoms with Crippen LogP contribution in [0.5, 0.6) is 0 Å². The lowest BCUT2D eigenvalue weighted by Crippen LogP contribution is -2.36. The number of ether oxygens (including phenoxy) is 2. The SMILES string of the molecule is CCOC(=O)c1c(NC(=O)c2c(F)cccc2F)sc2c1CCN(C(=O)OCC)C2. The Balaban J connectivity index is 1.95. The van der Waals surface area contributed by atoms with E-state index in [-0.39, 0.29) is 30.3 Å². The molecule has 0 atom stereocenters. The number of benzene rings is 1. The highest BCUT2D eigenvalue weighted by molar-refractivity contribution is 7.17. The molecule has 160 valence electrons. The molecule has 10 heteroatoms. The van der Waals surface area contributed by atoms with Crippen molar-refractivity contribution in [3.8, 4) is 0 Å². The van der Waals surface area contributed by atoms with E-state index < -0.39 is 35.2 Å². The molecule has 0 saturated carbocycles. The maximum absolute atomic E-state index is 14.0. The van der Waals surface area contributed by atoms with Crippen LogP contribution in [0.1, 0.15) is 45.0 Å². The predicted molar refractivity (Wildman–Crippen MR) is 106 cm³/mol. The Morgan fingerprint density at radius 3 is 2.40 bits per heavy atom. The first-order chi connectivity index (χ1) is 14.4. The zero-order valence-corrected chi connectivity index (χ0v) is 17.2. The van der Waals surface area contributed by atoms with Crippen molar-refractivity contribution in [2.45, 2.75) is 26.8 Å². The Morgan fingerprint density at radius 1 is 1.10 bits per heavy atom. The number of carbonyl (C=O) groups is 3. The summed E-state index contributed by atoms with van der Waals surface area (Å²) < 4.78 is 38.1. The molecule has 1 N–H and O–H groups in total. The van der Waals surface area contributed by atoms with Crippen LogP contribution in [-0.4, -0.2) is 42.6 Å². The van der Waals surface area contributed by atoms with Gasteiger partial charge < -0.3 is 19.7 Å². The minimum absolute atomic E-state index is 0.119. The second-order valence-corrected chi connectivity index (χ2v) is 7.45. The second-order valence-electron chi connectivity index (χ2n) is 6.35. The Labute approximate surface area is 175 Å². The van der Waals surface area contributed by atoms with Crippen molar-refractivity contribution in [1.82, 2.24) is 4.90 Å². The van der Waals surface area contributed by atoms with Crippen molar-refractivity contribution >= 4 is 34.3 Å². The van der Waals surface area contributed by atoms with Gasteiger partial charge in [0, 0.05) is 11.4 Å². The maximum atomic E-state index is 14.0. The molecular formula is C20H20F2N2O5S. The molecule has 0 unspecified atom stereocenters. The van der Waals surface area contributed by atoms with E-state index in [1.54, 1.807) is 13.8 Å². The number of hydrogen-bond donors (Lipinski definition) is 1. The third kappa shape index (κ3) is 4.28. The highest BCUT2D eigenvalue weighted by Crippen LogP contribution is 2.38. The van der Waals surface area contributed by atoms with Crippen molar-refractivity contribution < 1.29 is 32.6 Å². The van der Waals surface area contributed by atoms with E-state index in [0.29, 0.717) is 23.4 Å². The molecule has 30 heavy (non-hydrogen) atoms. The number of anilines is 1. The molecule has 1 aliphatic rings. The first kappa shape index (κ1) is 21.7. The lowest BCUT2D eigenvalue weighted by Gasteiger charge is -2.26. The van der Waals surface area contributed by atoms with Gasteiger partial charge in [-0.05, 0) is 38.0 Å². The highest BCUT2D eigenvalue weighted by Gasteiger charge is 2.32. The van der Waals surface area contributed by atoms with Crippen LogP contribution in [0.4, 0.5) is 18.6 Å². The summed E-state index contributed by atoms with van der Waals surface area (Å²) in [6.45, 7) is 4.21. The van der Waals surface area contributed by atoms with Gasteiger partial charge in [-0.25, -0.2) is 18.4 Å². The number of hydrogen-bond acceptors (Lipinski definition) is 6. The second kappa shape index (κ2) is 9.21. The van der Waals surface area contributed by atoms with Crippen LogP contribution in [0.25, 0.3) is 0 Å². The molecule has 0 bridgehead atoms. The van der Waals surface area contributed by atoms with E-state index in [1.807, 2.05) is 0 Å². The molecule has 2 heterocycles. The molecule has 1 aromatic heterocycles. The van der Waals surface area contributed by atoms with Gasteiger partial charge in [-0.2, -0.15) is 0 Å². The molecule has 3 rings (SSSR count). The first-order valence-corrected chi connectivity index (χ1v) is 10.2. The number of fused-ring (bicyclic) bond motifs is 1.